The Morgan fingerprint density at radius 2 is 1.32 bits per heavy atom. The zero-order valence-electron chi connectivity index (χ0n) is 24.2. The number of para-hydroxylation sites is 2. The van der Waals surface area contributed by atoms with Crippen LogP contribution in [0.25, 0.3) is 31.6 Å². The molecule has 0 N–H and O–H groups in total. The smallest absolute Gasteiger partial charge is 0.138 e. The number of thiophene rings is 1. The summed E-state index contributed by atoms with van der Waals surface area (Å²) in [7, 11) is 0. The van der Waals surface area contributed by atoms with Gasteiger partial charge >= 0.3 is 0 Å². The van der Waals surface area contributed by atoms with E-state index >= 15 is 0 Å². The normalized spacial score (nSPS) is 12.8. The van der Waals surface area contributed by atoms with Crippen molar-refractivity contribution >= 4 is 60.2 Å². The Morgan fingerprint density at radius 3 is 2.16 bits per heavy atom. The van der Waals surface area contributed by atoms with Gasteiger partial charge in [0.2, 0.25) is 0 Å². The minimum atomic E-state index is 0.750. The van der Waals surface area contributed by atoms with Gasteiger partial charge in [0.15, 0.2) is 0 Å². The summed E-state index contributed by atoms with van der Waals surface area (Å²) >= 11 is 1.74. The molecule has 0 saturated heterocycles. The van der Waals surface area contributed by atoms with Crippen molar-refractivity contribution in [1.29, 1.82) is 0 Å². The van der Waals surface area contributed by atoms with Gasteiger partial charge in [0, 0.05) is 61.9 Å². The molecule has 0 saturated carbocycles. The first-order chi connectivity index (χ1) is 21.7. The van der Waals surface area contributed by atoms with Crippen LogP contribution in [0.5, 0.6) is 0 Å². The molecule has 7 aromatic rings. The van der Waals surface area contributed by atoms with E-state index < -0.39 is 0 Å². The Labute approximate surface area is 260 Å². The third-order valence-corrected chi connectivity index (χ3v) is 9.14. The van der Waals surface area contributed by atoms with Crippen LogP contribution in [0, 0.1) is 6.92 Å². The maximum atomic E-state index is 5.29. The number of fused-ring (bicyclic) bond motifs is 3. The third-order valence-electron chi connectivity index (χ3n) is 8.00. The van der Waals surface area contributed by atoms with Crippen LogP contribution in [0.15, 0.2) is 146 Å². The molecular formula is C38H29N5S. The Hall–Kier alpha value is -5.46. The molecule has 6 heteroatoms. The minimum absolute atomic E-state index is 0.750. The van der Waals surface area contributed by atoms with Gasteiger partial charge in [-0.3, -0.25) is 4.90 Å². The first-order valence-electron chi connectivity index (χ1n) is 14.7. The van der Waals surface area contributed by atoms with Crippen LogP contribution < -0.4 is 14.7 Å². The van der Waals surface area contributed by atoms with Crippen molar-refractivity contribution in [3.05, 3.63) is 152 Å². The molecule has 212 valence electrons. The molecule has 3 aromatic heterocycles. The molecule has 1 aliphatic heterocycles. The monoisotopic (exact) mass is 587 g/mol. The minimum Gasteiger partial charge on any atom is -0.328 e. The van der Waals surface area contributed by atoms with Crippen molar-refractivity contribution in [3.8, 4) is 11.3 Å². The molecule has 0 radical (unpaired) electrons. The lowest BCUT2D eigenvalue weighted by Crippen LogP contribution is -2.24. The molecule has 0 aliphatic carbocycles. The zero-order valence-corrected chi connectivity index (χ0v) is 25.0. The van der Waals surface area contributed by atoms with Crippen LogP contribution in [0.4, 0.5) is 28.6 Å². The van der Waals surface area contributed by atoms with Gasteiger partial charge in [-0.2, -0.15) is 0 Å². The number of pyridine rings is 2. The molecule has 44 heavy (non-hydrogen) atoms. The number of nitrogens with zero attached hydrogens (tertiary/aromatic N) is 5. The van der Waals surface area contributed by atoms with Crippen LogP contribution in [0.1, 0.15) is 5.69 Å². The summed E-state index contributed by atoms with van der Waals surface area (Å²) in [5, 5.41) is 2.41. The standard InChI is InChI=1S/C38H29N5S/c1-27-21-22-33-32-17-9-18-34(37(32)44-38(33)39-27)35-19-10-20-36(40-35)43(29-13-6-3-7-14-29)31-16-8-15-30(25-31)42-24-23-41(26-42)28-11-4-2-5-12-28/h2-25H,26H2,1H3. The van der Waals surface area contributed by atoms with Crippen LogP contribution >= 0.6 is 11.3 Å². The number of hydrogen-bond donors (Lipinski definition) is 0. The molecule has 8 rings (SSSR count). The molecule has 4 heterocycles. The molecule has 0 amide bonds. The number of anilines is 5. The Balaban J connectivity index is 1.19. The van der Waals surface area contributed by atoms with Crippen molar-refractivity contribution in [2.45, 2.75) is 6.92 Å². The predicted molar refractivity (Wildman–Crippen MR) is 185 cm³/mol. The van der Waals surface area contributed by atoms with Gasteiger partial charge in [-0.15, -0.1) is 11.3 Å². The second-order valence-electron chi connectivity index (χ2n) is 10.9. The van der Waals surface area contributed by atoms with Crippen molar-refractivity contribution in [3.63, 3.8) is 0 Å². The summed E-state index contributed by atoms with van der Waals surface area (Å²) in [5.41, 5.74) is 7.48. The molecular weight excluding hydrogens is 559 g/mol. The highest BCUT2D eigenvalue weighted by atomic mass is 32.1. The lowest BCUT2D eigenvalue weighted by Gasteiger charge is -2.27. The maximum absolute atomic E-state index is 5.29. The molecule has 4 aromatic carbocycles. The largest absolute Gasteiger partial charge is 0.328 e. The van der Waals surface area contributed by atoms with E-state index in [2.05, 4.69) is 148 Å². The molecule has 0 bridgehead atoms. The average Bonchev–Trinajstić information content (AvgIpc) is 3.71. The topological polar surface area (TPSA) is 35.5 Å². The van der Waals surface area contributed by atoms with E-state index in [1.807, 2.05) is 19.1 Å². The van der Waals surface area contributed by atoms with E-state index in [1.165, 1.54) is 21.2 Å². The van der Waals surface area contributed by atoms with Gasteiger partial charge in [0.1, 0.15) is 10.6 Å². The molecule has 5 nitrogen and oxygen atoms in total. The summed E-state index contributed by atoms with van der Waals surface area (Å²) in [6, 6.07) is 46.6. The SMILES string of the molecule is Cc1ccc2c(n1)sc1c(-c3cccc(N(c4ccccc4)c4cccc(N5C=CN(c6ccccc6)C5)c4)n3)cccc12. The van der Waals surface area contributed by atoms with Gasteiger partial charge in [0.25, 0.3) is 0 Å². The van der Waals surface area contributed by atoms with Crippen LogP contribution in [0.2, 0.25) is 0 Å². The van der Waals surface area contributed by atoms with E-state index in [-0.39, 0.29) is 0 Å². The maximum Gasteiger partial charge on any atom is 0.138 e. The van der Waals surface area contributed by atoms with Crippen LogP contribution in [-0.4, -0.2) is 16.6 Å². The quantitative estimate of drug-likeness (QED) is 0.193. The first kappa shape index (κ1) is 26.2. The molecule has 0 spiro atoms. The van der Waals surface area contributed by atoms with E-state index in [0.717, 1.165) is 51.3 Å². The summed E-state index contributed by atoms with van der Waals surface area (Å²) < 4.78 is 1.21. The molecule has 0 unspecified atom stereocenters. The van der Waals surface area contributed by atoms with Gasteiger partial charge in [0.05, 0.1) is 12.4 Å². The highest BCUT2D eigenvalue weighted by Gasteiger charge is 2.20. The van der Waals surface area contributed by atoms with Gasteiger partial charge < -0.3 is 9.80 Å². The van der Waals surface area contributed by atoms with E-state index in [0.29, 0.717) is 0 Å². The molecule has 0 fully saturated rings. The average molecular weight is 588 g/mol. The number of rotatable bonds is 6. The van der Waals surface area contributed by atoms with Gasteiger partial charge in [-0.1, -0.05) is 66.7 Å². The summed E-state index contributed by atoms with van der Waals surface area (Å²) in [4.78, 5) is 17.9. The van der Waals surface area contributed by atoms with Crippen molar-refractivity contribution in [2.24, 2.45) is 0 Å². The number of benzene rings is 4. The summed E-state index contributed by atoms with van der Waals surface area (Å²) in [6.07, 6.45) is 4.27. The highest BCUT2D eigenvalue weighted by Crippen LogP contribution is 2.41. The fourth-order valence-corrected chi connectivity index (χ4v) is 7.09. The Bertz CT molecular complexity index is 2140. The first-order valence-corrected chi connectivity index (χ1v) is 15.5. The van der Waals surface area contributed by atoms with Gasteiger partial charge in [-0.05, 0) is 73.7 Å². The van der Waals surface area contributed by atoms with E-state index in [1.54, 1.807) is 11.3 Å². The summed E-state index contributed by atoms with van der Waals surface area (Å²) in [6.45, 7) is 2.79. The second kappa shape index (κ2) is 11.0. The van der Waals surface area contributed by atoms with Gasteiger partial charge in [-0.25, -0.2) is 9.97 Å². The number of aryl methyl sites for hydroxylation is 1. The number of aromatic nitrogens is 2. The lowest BCUT2D eigenvalue weighted by atomic mass is 10.1. The summed E-state index contributed by atoms with van der Waals surface area (Å²) in [5.74, 6) is 0.862. The predicted octanol–water partition coefficient (Wildman–Crippen LogP) is 10.0. The van der Waals surface area contributed by atoms with Crippen molar-refractivity contribution < 1.29 is 0 Å². The van der Waals surface area contributed by atoms with Crippen molar-refractivity contribution in [1.82, 2.24) is 9.97 Å². The molecule has 0 atom stereocenters. The Kier molecular flexibility index (Phi) is 6.54. The van der Waals surface area contributed by atoms with E-state index in [4.69, 9.17) is 9.97 Å². The second-order valence-corrected chi connectivity index (χ2v) is 11.9. The Morgan fingerprint density at radius 1 is 0.614 bits per heavy atom. The van der Waals surface area contributed by atoms with Crippen molar-refractivity contribution in [2.75, 3.05) is 21.4 Å². The van der Waals surface area contributed by atoms with E-state index in [9.17, 15) is 0 Å². The number of hydrogen-bond acceptors (Lipinski definition) is 6. The molecule has 1 aliphatic rings. The van der Waals surface area contributed by atoms with Crippen LogP contribution in [-0.2, 0) is 0 Å². The lowest BCUT2D eigenvalue weighted by molar-refractivity contribution is 0.975. The third kappa shape index (κ3) is 4.75. The van der Waals surface area contributed by atoms with Crippen LogP contribution in [0.3, 0.4) is 0 Å². The highest BCUT2D eigenvalue weighted by molar-refractivity contribution is 7.26. The fourth-order valence-electron chi connectivity index (χ4n) is 5.85. The zero-order chi connectivity index (χ0) is 29.5. The fraction of sp³-hybridized carbons (Fsp3) is 0.0526.